The summed E-state index contributed by atoms with van der Waals surface area (Å²) >= 11 is 0. The van der Waals surface area contributed by atoms with Crippen molar-refractivity contribution < 1.29 is 14.4 Å². The molecule has 0 aromatic heterocycles. The molecule has 0 radical (unpaired) electrons. The lowest BCUT2D eigenvalue weighted by Crippen LogP contribution is -2.36. The van der Waals surface area contributed by atoms with Crippen molar-refractivity contribution >= 4 is 17.7 Å². The Kier molecular flexibility index (Phi) is 4.32. The number of carbonyl (C=O) groups excluding carboxylic acids is 3. The summed E-state index contributed by atoms with van der Waals surface area (Å²) in [5.74, 6) is -0.0560. The zero-order chi connectivity index (χ0) is 17.4. The van der Waals surface area contributed by atoms with Gasteiger partial charge in [0.2, 0.25) is 17.7 Å². The SMILES string of the molecule is O=C(CCN1C(=O)[C@H]2CCCC[C@H]2C1=O)N[C@@H]1C[C@H]1c1ccccc1. The van der Waals surface area contributed by atoms with Crippen molar-refractivity contribution in [2.75, 3.05) is 6.54 Å². The molecule has 1 aromatic carbocycles. The first kappa shape index (κ1) is 16.3. The first-order valence-corrected chi connectivity index (χ1v) is 9.34. The van der Waals surface area contributed by atoms with Gasteiger partial charge in [-0.3, -0.25) is 19.3 Å². The summed E-state index contributed by atoms with van der Waals surface area (Å²) in [7, 11) is 0. The van der Waals surface area contributed by atoms with Crippen LogP contribution in [0.4, 0.5) is 0 Å². The van der Waals surface area contributed by atoms with Gasteiger partial charge in [-0.15, -0.1) is 0 Å². The number of nitrogens with zero attached hydrogens (tertiary/aromatic N) is 1. The molecule has 3 aliphatic rings. The summed E-state index contributed by atoms with van der Waals surface area (Å²) in [6, 6.07) is 10.4. The maximum Gasteiger partial charge on any atom is 0.233 e. The maximum absolute atomic E-state index is 12.4. The Morgan fingerprint density at radius 3 is 2.28 bits per heavy atom. The highest BCUT2D eigenvalue weighted by Crippen LogP contribution is 2.41. The van der Waals surface area contributed by atoms with E-state index in [0.717, 1.165) is 32.1 Å². The molecule has 1 aliphatic heterocycles. The van der Waals surface area contributed by atoms with E-state index in [0.29, 0.717) is 5.92 Å². The third-order valence-corrected chi connectivity index (χ3v) is 5.86. The number of likely N-dealkylation sites (tertiary alicyclic amines) is 1. The Morgan fingerprint density at radius 1 is 1.00 bits per heavy atom. The van der Waals surface area contributed by atoms with Crippen LogP contribution in [-0.2, 0) is 14.4 Å². The van der Waals surface area contributed by atoms with E-state index in [1.807, 2.05) is 18.2 Å². The lowest BCUT2D eigenvalue weighted by molar-refractivity contribution is -0.140. The van der Waals surface area contributed by atoms with E-state index >= 15 is 0 Å². The molecule has 0 bridgehead atoms. The van der Waals surface area contributed by atoms with E-state index in [-0.39, 0.29) is 48.6 Å². The lowest BCUT2D eigenvalue weighted by atomic mass is 9.81. The van der Waals surface area contributed by atoms with Crippen LogP contribution in [0, 0.1) is 11.8 Å². The number of hydrogen-bond donors (Lipinski definition) is 1. The van der Waals surface area contributed by atoms with Crippen LogP contribution in [-0.4, -0.2) is 35.2 Å². The van der Waals surface area contributed by atoms with Crippen LogP contribution < -0.4 is 5.32 Å². The number of hydrogen-bond acceptors (Lipinski definition) is 3. The van der Waals surface area contributed by atoms with E-state index < -0.39 is 0 Å². The van der Waals surface area contributed by atoms with Gasteiger partial charge in [-0.1, -0.05) is 43.2 Å². The fourth-order valence-corrected chi connectivity index (χ4v) is 4.37. The quantitative estimate of drug-likeness (QED) is 0.836. The van der Waals surface area contributed by atoms with Crippen LogP contribution in [0.5, 0.6) is 0 Å². The Balaban J connectivity index is 1.27. The molecular formula is C20H24N2O3. The summed E-state index contributed by atoms with van der Waals surface area (Å²) in [4.78, 5) is 38.3. The molecule has 2 aliphatic carbocycles. The average Bonchev–Trinajstić information content (AvgIpc) is 3.36. The Hall–Kier alpha value is -2.17. The van der Waals surface area contributed by atoms with Crippen LogP contribution in [0.25, 0.3) is 0 Å². The fraction of sp³-hybridized carbons (Fsp3) is 0.550. The van der Waals surface area contributed by atoms with Crippen LogP contribution in [0.1, 0.15) is 50.0 Å². The van der Waals surface area contributed by atoms with Gasteiger partial charge in [-0.05, 0) is 24.8 Å². The number of amides is 3. The van der Waals surface area contributed by atoms with Crippen molar-refractivity contribution in [1.82, 2.24) is 10.2 Å². The standard InChI is InChI=1S/C20H24N2O3/c23-18(21-17-12-16(17)13-6-2-1-3-7-13)10-11-22-19(24)14-8-4-5-9-15(14)20(22)25/h1-3,6-7,14-17H,4-5,8-12H2,(H,21,23)/t14-,15+,16-,17+/m0/s1. The van der Waals surface area contributed by atoms with Gasteiger partial charge in [0.1, 0.15) is 0 Å². The van der Waals surface area contributed by atoms with Crippen LogP contribution in [0.2, 0.25) is 0 Å². The Morgan fingerprint density at radius 2 is 1.64 bits per heavy atom. The molecule has 132 valence electrons. The van der Waals surface area contributed by atoms with Crippen LogP contribution >= 0.6 is 0 Å². The van der Waals surface area contributed by atoms with E-state index in [9.17, 15) is 14.4 Å². The van der Waals surface area contributed by atoms with E-state index in [1.54, 1.807) is 0 Å². The lowest BCUT2D eigenvalue weighted by Gasteiger charge is -2.19. The summed E-state index contributed by atoms with van der Waals surface area (Å²) in [5.41, 5.74) is 1.25. The van der Waals surface area contributed by atoms with Crippen molar-refractivity contribution in [1.29, 1.82) is 0 Å². The highest BCUT2D eigenvalue weighted by molar-refractivity contribution is 6.05. The van der Waals surface area contributed by atoms with Crippen LogP contribution in [0.15, 0.2) is 30.3 Å². The molecular weight excluding hydrogens is 316 g/mol. The van der Waals surface area contributed by atoms with Gasteiger partial charge >= 0.3 is 0 Å². The number of rotatable bonds is 5. The average molecular weight is 340 g/mol. The van der Waals surface area contributed by atoms with E-state index in [1.165, 1.54) is 10.5 Å². The molecule has 3 fully saturated rings. The van der Waals surface area contributed by atoms with E-state index in [2.05, 4.69) is 17.4 Å². The van der Waals surface area contributed by atoms with Crippen molar-refractivity contribution in [3.8, 4) is 0 Å². The molecule has 2 saturated carbocycles. The van der Waals surface area contributed by atoms with Gasteiger partial charge in [-0.2, -0.15) is 0 Å². The number of fused-ring (bicyclic) bond motifs is 1. The van der Waals surface area contributed by atoms with Crippen LogP contribution in [0.3, 0.4) is 0 Å². The molecule has 0 spiro atoms. The minimum absolute atomic E-state index is 0.0592. The molecule has 4 atom stereocenters. The molecule has 5 nitrogen and oxygen atoms in total. The van der Waals surface area contributed by atoms with Crippen molar-refractivity contribution in [2.24, 2.45) is 11.8 Å². The zero-order valence-electron chi connectivity index (χ0n) is 14.3. The van der Waals surface area contributed by atoms with Gasteiger partial charge in [0.25, 0.3) is 0 Å². The highest BCUT2D eigenvalue weighted by Gasteiger charge is 2.48. The normalized spacial score (nSPS) is 31.0. The number of benzene rings is 1. The smallest absolute Gasteiger partial charge is 0.233 e. The second kappa shape index (κ2) is 6.62. The predicted octanol–water partition coefficient (Wildman–Crippen LogP) is 2.22. The van der Waals surface area contributed by atoms with Gasteiger partial charge < -0.3 is 5.32 Å². The fourth-order valence-electron chi connectivity index (χ4n) is 4.37. The Bertz CT molecular complexity index is 663. The third kappa shape index (κ3) is 3.20. The summed E-state index contributed by atoms with van der Waals surface area (Å²) in [6.07, 6.45) is 4.85. The Labute approximate surface area is 147 Å². The molecule has 4 rings (SSSR count). The largest absolute Gasteiger partial charge is 0.353 e. The molecule has 1 aromatic rings. The molecule has 1 saturated heterocycles. The predicted molar refractivity (Wildman–Crippen MR) is 92.5 cm³/mol. The summed E-state index contributed by atoms with van der Waals surface area (Å²) in [5, 5.41) is 3.03. The van der Waals surface area contributed by atoms with Crippen molar-refractivity contribution in [3.63, 3.8) is 0 Å². The number of carbonyl (C=O) groups is 3. The third-order valence-electron chi connectivity index (χ3n) is 5.86. The van der Waals surface area contributed by atoms with Gasteiger partial charge in [0, 0.05) is 24.9 Å². The topological polar surface area (TPSA) is 66.5 Å². The van der Waals surface area contributed by atoms with E-state index in [4.69, 9.17) is 0 Å². The summed E-state index contributed by atoms with van der Waals surface area (Å²) in [6.45, 7) is 0.221. The van der Waals surface area contributed by atoms with Gasteiger partial charge in [-0.25, -0.2) is 0 Å². The minimum atomic E-state index is -0.129. The zero-order valence-corrected chi connectivity index (χ0v) is 14.3. The second-order valence-corrected chi connectivity index (χ2v) is 7.50. The monoisotopic (exact) mass is 340 g/mol. The van der Waals surface area contributed by atoms with Crippen molar-refractivity contribution in [2.45, 2.75) is 50.5 Å². The molecule has 1 N–H and O–H groups in total. The molecule has 0 unspecified atom stereocenters. The summed E-state index contributed by atoms with van der Waals surface area (Å²) < 4.78 is 0. The molecule has 5 heteroatoms. The van der Waals surface area contributed by atoms with Gasteiger partial charge in [0.05, 0.1) is 11.8 Å². The van der Waals surface area contributed by atoms with Crippen molar-refractivity contribution in [3.05, 3.63) is 35.9 Å². The molecule has 3 amide bonds. The second-order valence-electron chi connectivity index (χ2n) is 7.50. The molecule has 25 heavy (non-hydrogen) atoms. The number of nitrogens with one attached hydrogen (secondary N) is 1. The maximum atomic E-state index is 12.4. The first-order chi connectivity index (χ1) is 12.1. The highest BCUT2D eigenvalue weighted by atomic mass is 16.2. The minimum Gasteiger partial charge on any atom is -0.353 e. The van der Waals surface area contributed by atoms with Gasteiger partial charge in [0.15, 0.2) is 0 Å². The molecule has 1 heterocycles. The first-order valence-electron chi connectivity index (χ1n) is 9.34. The number of imide groups is 1.